The number of rotatable bonds is 3. The fraction of sp³-hybridized carbons (Fsp3) is 0.500. The Morgan fingerprint density at radius 2 is 1.81 bits per heavy atom. The topological polar surface area (TPSA) is 54.8 Å². The van der Waals surface area contributed by atoms with Crippen molar-refractivity contribution < 1.29 is 9.53 Å². The third-order valence-electron chi connectivity index (χ3n) is 7.29. The summed E-state index contributed by atoms with van der Waals surface area (Å²) in [4.78, 5) is 25.0. The molecule has 1 unspecified atom stereocenters. The lowest BCUT2D eigenvalue weighted by Gasteiger charge is -2.38. The molecule has 31 heavy (non-hydrogen) atoms. The molecular formula is C26H31N3O2. The van der Waals surface area contributed by atoms with Gasteiger partial charge in [0.25, 0.3) is 0 Å². The first-order valence-electron chi connectivity index (χ1n) is 11.3. The summed E-state index contributed by atoms with van der Waals surface area (Å²) < 4.78 is 6.76. The highest BCUT2D eigenvalue weighted by atomic mass is 16.6. The normalized spacial score (nSPS) is 32.6. The van der Waals surface area contributed by atoms with Crippen molar-refractivity contribution in [1.82, 2.24) is 9.88 Å². The van der Waals surface area contributed by atoms with Gasteiger partial charge in [0, 0.05) is 36.7 Å². The molecule has 3 heterocycles. The highest BCUT2D eigenvalue weighted by Crippen LogP contribution is 2.54. The molecule has 5 heteroatoms. The lowest BCUT2D eigenvalue weighted by molar-refractivity contribution is -0.158. The molecule has 2 aromatic rings. The number of ether oxygens (including phenoxy) is 1. The zero-order chi connectivity index (χ0) is 21.8. The van der Waals surface area contributed by atoms with Gasteiger partial charge in [0.2, 0.25) is 5.91 Å². The quantitative estimate of drug-likeness (QED) is 0.721. The molecule has 1 aliphatic carbocycles. The largest absolute Gasteiger partial charge is 0.324 e. The van der Waals surface area contributed by atoms with Gasteiger partial charge in [-0.15, -0.1) is 0 Å². The van der Waals surface area contributed by atoms with Crippen LogP contribution in [-0.4, -0.2) is 33.5 Å². The SMILES string of the molecule is C[C@H]1C2C[C@@]3(O[C@H](C(C)(C)C)N=C3C[C@@H]1c1ccccc1)N(Cc1ccncc1)C2=O. The van der Waals surface area contributed by atoms with Crippen LogP contribution in [-0.2, 0) is 16.1 Å². The second-order valence-corrected chi connectivity index (χ2v) is 10.4. The van der Waals surface area contributed by atoms with E-state index in [1.165, 1.54) is 5.56 Å². The number of fused-ring (bicyclic) bond motifs is 1. The van der Waals surface area contributed by atoms with Gasteiger partial charge in [-0.3, -0.25) is 14.8 Å². The van der Waals surface area contributed by atoms with Crippen LogP contribution in [0.25, 0.3) is 0 Å². The highest BCUT2D eigenvalue weighted by Gasteiger charge is 2.63. The average Bonchev–Trinajstić information content (AvgIpc) is 3.22. The fourth-order valence-electron chi connectivity index (χ4n) is 5.45. The Balaban J connectivity index is 1.59. The second kappa shape index (κ2) is 7.27. The summed E-state index contributed by atoms with van der Waals surface area (Å²) in [5.74, 6) is 0.603. The van der Waals surface area contributed by atoms with Gasteiger partial charge < -0.3 is 9.64 Å². The van der Waals surface area contributed by atoms with E-state index in [0.29, 0.717) is 13.0 Å². The van der Waals surface area contributed by atoms with Crippen LogP contribution in [0, 0.1) is 17.3 Å². The number of aromatic nitrogens is 1. The number of benzene rings is 1. The van der Waals surface area contributed by atoms with Gasteiger partial charge in [0.15, 0.2) is 12.0 Å². The van der Waals surface area contributed by atoms with E-state index in [1.807, 2.05) is 23.1 Å². The molecule has 1 spiro atoms. The van der Waals surface area contributed by atoms with E-state index in [4.69, 9.17) is 9.73 Å². The first-order valence-corrected chi connectivity index (χ1v) is 11.3. The van der Waals surface area contributed by atoms with E-state index in [-0.39, 0.29) is 35.3 Å². The van der Waals surface area contributed by atoms with Crippen LogP contribution in [0.5, 0.6) is 0 Å². The van der Waals surface area contributed by atoms with Crippen molar-refractivity contribution in [1.29, 1.82) is 0 Å². The van der Waals surface area contributed by atoms with E-state index >= 15 is 0 Å². The van der Waals surface area contributed by atoms with Crippen LogP contribution in [0.3, 0.4) is 0 Å². The Morgan fingerprint density at radius 3 is 2.48 bits per heavy atom. The van der Waals surface area contributed by atoms with Crippen LogP contribution in [0.4, 0.5) is 0 Å². The lowest BCUT2D eigenvalue weighted by atomic mass is 9.77. The number of hydrogen-bond acceptors (Lipinski definition) is 4. The predicted octanol–water partition coefficient (Wildman–Crippen LogP) is 4.79. The highest BCUT2D eigenvalue weighted by molar-refractivity contribution is 6.01. The first kappa shape index (κ1) is 20.4. The number of pyridine rings is 1. The van der Waals surface area contributed by atoms with E-state index in [9.17, 15) is 4.79 Å². The maximum absolute atomic E-state index is 13.8. The molecule has 0 radical (unpaired) electrons. The Labute approximate surface area is 184 Å². The second-order valence-electron chi connectivity index (χ2n) is 10.4. The summed E-state index contributed by atoms with van der Waals surface area (Å²) >= 11 is 0. The van der Waals surface area contributed by atoms with Gasteiger partial charge in [-0.2, -0.15) is 0 Å². The Hall–Kier alpha value is -2.53. The molecule has 5 rings (SSSR count). The van der Waals surface area contributed by atoms with E-state index in [0.717, 1.165) is 17.7 Å². The fourth-order valence-corrected chi connectivity index (χ4v) is 5.45. The van der Waals surface area contributed by atoms with Crippen LogP contribution >= 0.6 is 0 Å². The van der Waals surface area contributed by atoms with Gasteiger partial charge in [-0.25, -0.2) is 0 Å². The molecule has 2 aliphatic heterocycles. The summed E-state index contributed by atoms with van der Waals surface area (Å²) in [6.07, 6.45) is 4.82. The molecule has 2 fully saturated rings. The monoisotopic (exact) mass is 417 g/mol. The molecule has 1 amide bonds. The van der Waals surface area contributed by atoms with Crippen LogP contribution in [0.2, 0.25) is 0 Å². The molecule has 5 nitrogen and oxygen atoms in total. The van der Waals surface area contributed by atoms with Gasteiger partial charge in [0.1, 0.15) is 0 Å². The molecule has 2 bridgehead atoms. The predicted molar refractivity (Wildman–Crippen MR) is 120 cm³/mol. The number of amides is 1. The van der Waals surface area contributed by atoms with Crippen molar-refractivity contribution in [2.45, 2.75) is 65.0 Å². The van der Waals surface area contributed by atoms with Crippen molar-refractivity contribution in [2.75, 3.05) is 0 Å². The minimum Gasteiger partial charge on any atom is -0.324 e. The summed E-state index contributed by atoms with van der Waals surface area (Å²) in [6, 6.07) is 14.5. The standard InChI is InChI=1S/C26H31N3O2/c1-17-20(19-8-6-5-7-9-19)14-22-26(31-24(28-22)25(2,3)4)15-21(17)23(30)29(26)16-18-10-12-27-13-11-18/h5-13,17,20-21,24H,14-16H2,1-4H3/t17-,20+,21?,24-,26+/m1/s1. The average molecular weight is 418 g/mol. The smallest absolute Gasteiger partial charge is 0.229 e. The summed E-state index contributed by atoms with van der Waals surface area (Å²) in [5, 5.41) is 0. The van der Waals surface area contributed by atoms with Crippen molar-refractivity contribution >= 4 is 11.6 Å². The molecule has 1 aromatic heterocycles. The molecule has 1 saturated heterocycles. The van der Waals surface area contributed by atoms with Crippen LogP contribution < -0.4 is 0 Å². The molecule has 162 valence electrons. The van der Waals surface area contributed by atoms with E-state index < -0.39 is 5.72 Å². The lowest BCUT2D eigenvalue weighted by Crippen LogP contribution is -2.53. The first-order chi connectivity index (χ1) is 14.8. The van der Waals surface area contributed by atoms with Crippen molar-refractivity contribution in [3.8, 4) is 0 Å². The Bertz CT molecular complexity index is 998. The Morgan fingerprint density at radius 1 is 1.10 bits per heavy atom. The zero-order valence-electron chi connectivity index (χ0n) is 18.8. The van der Waals surface area contributed by atoms with Gasteiger partial charge in [-0.1, -0.05) is 58.0 Å². The van der Waals surface area contributed by atoms with E-state index in [2.05, 4.69) is 56.9 Å². The molecule has 5 atom stereocenters. The molecule has 3 aliphatic rings. The number of carbonyl (C=O) groups excluding carboxylic acids is 1. The number of likely N-dealkylation sites (tertiary alicyclic amines) is 1. The zero-order valence-corrected chi connectivity index (χ0v) is 18.8. The van der Waals surface area contributed by atoms with Crippen LogP contribution in [0.15, 0.2) is 59.9 Å². The van der Waals surface area contributed by atoms with Gasteiger partial charge in [0.05, 0.1) is 5.71 Å². The Kier molecular flexibility index (Phi) is 4.78. The maximum Gasteiger partial charge on any atom is 0.229 e. The molecule has 1 aromatic carbocycles. The van der Waals surface area contributed by atoms with Gasteiger partial charge in [-0.05, 0) is 41.5 Å². The summed E-state index contributed by atoms with van der Waals surface area (Å²) in [7, 11) is 0. The number of aliphatic imine (C=N–C) groups is 1. The van der Waals surface area contributed by atoms with Crippen molar-refractivity contribution in [3.63, 3.8) is 0 Å². The summed E-state index contributed by atoms with van der Waals surface area (Å²) in [5.41, 5.74) is 2.52. The third-order valence-corrected chi connectivity index (χ3v) is 7.29. The number of carbonyl (C=O) groups is 1. The number of hydrogen-bond donors (Lipinski definition) is 0. The minimum atomic E-state index is -0.735. The molecule has 0 N–H and O–H groups in total. The summed E-state index contributed by atoms with van der Waals surface area (Å²) in [6.45, 7) is 9.22. The molecule has 1 saturated carbocycles. The van der Waals surface area contributed by atoms with Crippen molar-refractivity contribution in [3.05, 3.63) is 66.0 Å². The third kappa shape index (κ3) is 3.30. The van der Waals surface area contributed by atoms with Crippen molar-refractivity contribution in [2.24, 2.45) is 22.2 Å². The minimum absolute atomic E-state index is 0.0709. The number of nitrogens with zero attached hydrogens (tertiary/aromatic N) is 3. The van der Waals surface area contributed by atoms with Gasteiger partial charge >= 0.3 is 0 Å². The van der Waals surface area contributed by atoms with Crippen LogP contribution in [0.1, 0.15) is 57.6 Å². The molecular weight excluding hydrogens is 386 g/mol. The maximum atomic E-state index is 13.8. The van der Waals surface area contributed by atoms with E-state index in [1.54, 1.807) is 12.4 Å².